The Morgan fingerprint density at radius 3 is 2.14 bits per heavy atom. The van der Waals surface area contributed by atoms with Crippen molar-refractivity contribution >= 4 is 46.3 Å². The summed E-state index contributed by atoms with van der Waals surface area (Å²) in [4.78, 5) is 13.6. The highest BCUT2D eigenvalue weighted by atomic mass is 32.1. The molecule has 0 spiro atoms. The molecule has 37 heavy (non-hydrogen) atoms. The molecule has 0 saturated heterocycles. The number of hydrogen-bond donors (Lipinski definition) is 4. The summed E-state index contributed by atoms with van der Waals surface area (Å²) in [5, 5.41) is 13.2. The molecular weight excluding hydrogens is 482 g/mol. The van der Waals surface area contributed by atoms with Crippen LogP contribution < -0.4 is 26.0 Å². The summed E-state index contributed by atoms with van der Waals surface area (Å²) in [5.74, 6) is 1.61. The van der Waals surface area contributed by atoms with E-state index >= 15 is 0 Å². The molecular formula is C28H29N7OS. The van der Waals surface area contributed by atoms with E-state index in [0.717, 1.165) is 39.8 Å². The highest BCUT2D eigenvalue weighted by Crippen LogP contribution is 2.19. The molecule has 0 atom stereocenters. The summed E-state index contributed by atoms with van der Waals surface area (Å²) < 4.78 is 5.46. The second-order valence-corrected chi connectivity index (χ2v) is 8.63. The lowest BCUT2D eigenvalue weighted by Gasteiger charge is -2.15. The van der Waals surface area contributed by atoms with Crippen LogP contribution in [0.5, 0.6) is 5.75 Å². The van der Waals surface area contributed by atoms with E-state index in [2.05, 4.69) is 31.2 Å². The molecule has 0 aliphatic carbocycles. The van der Waals surface area contributed by atoms with E-state index in [1.165, 1.54) is 0 Å². The molecule has 0 aliphatic heterocycles. The van der Waals surface area contributed by atoms with Crippen molar-refractivity contribution in [3.8, 4) is 5.75 Å². The van der Waals surface area contributed by atoms with Crippen molar-refractivity contribution in [2.24, 2.45) is 4.99 Å². The lowest BCUT2D eigenvalue weighted by molar-refractivity contribution is 0.410. The van der Waals surface area contributed by atoms with Gasteiger partial charge in [0.05, 0.1) is 13.7 Å². The highest BCUT2D eigenvalue weighted by molar-refractivity contribution is 7.80. The summed E-state index contributed by atoms with van der Waals surface area (Å²) in [6, 6.07) is 27.5. The number of nitrogens with zero attached hydrogens (tertiary/aromatic N) is 3. The lowest BCUT2D eigenvalue weighted by Crippen LogP contribution is -2.39. The standard InChI is InChI=1S/C28H29N7OS/c1-19-17-20(2)31-27(30-19)34-26(29-18-21-9-7-8-12-25(21)36-3)35-28(37)33-24-15-13-23(14-16-24)32-22-10-5-4-6-11-22/h4-17,32H,18H2,1-3H3,(H3,29,30,31,33,34,35,37). The van der Waals surface area contributed by atoms with E-state index in [-0.39, 0.29) is 0 Å². The minimum absolute atomic E-state index is 0.368. The first-order valence-electron chi connectivity index (χ1n) is 11.7. The molecule has 188 valence electrons. The van der Waals surface area contributed by atoms with Crippen molar-refractivity contribution in [3.63, 3.8) is 0 Å². The number of thiocarbonyl (C=S) groups is 1. The third-order valence-corrected chi connectivity index (χ3v) is 5.45. The van der Waals surface area contributed by atoms with Crippen molar-refractivity contribution < 1.29 is 4.74 Å². The van der Waals surface area contributed by atoms with Crippen LogP contribution in [0.25, 0.3) is 0 Å². The number of benzene rings is 3. The van der Waals surface area contributed by atoms with Gasteiger partial charge in [-0.25, -0.2) is 15.0 Å². The van der Waals surface area contributed by atoms with Crippen LogP contribution in [0.4, 0.5) is 23.0 Å². The summed E-state index contributed by atoms with van der Waals surface area (Å²) in [7, 11) is 1.64. The number of rotatable bonds is 7. The largest absolute Gasteiger partial charge is 0.496 e. The second kappa shape index (κ2) is 12.5. The molecule has 0 saturated carbocycles. The van der Waals surface area contributed by atoms with Gasteiger partial charge in [0.25, 0.3) is 0 Å². The Balaban J connectivity index is 1.46. The summed E-state index contributed by atoms with van der Waals surface area (Å²) >= 11 is 5.57. The van der Waals surface area contributed by atoms with Crippen molar-refractivity contribution in [2.45, 2.75) is 20.4 Å². The zero-order valence-electron chi connectivity index (χ0n) is 20.9. The third-order valence-electron chi connectivity index (χ3n) is 5.25. The van der Waals surface area contributed by atoms with Crippen LogP contribution >= 0.6 is 12.2 Å². The average Bonchev–Trinajstić information content (AvgIpc) is 2.88. The zero-order valence-corrected chi connectivity index (χ0v) is 21.8. The SMILES string of the molecule is COc1ccccc1CN=C(NC(=S)Nc1ccc(Nc2ccccc2)cc1)Nc1nc(C)cc(C)n1. The highest BCUT2D eigenvalue weighted by Gasteiger charge is 2.09. The Bertz CT molecular complexity index is 1350. The van der Waals surface area contributed by atoms with Gasteiger partial charge < -0.3 is 20.7 Å². The number of para-hydroxylation sites is 2. The van der Waals surface area contributed by atoms with Crippen LogP contribution in [-0.4, -0.2) is 28.1 Å². The minimum atomic E-state index is 0.368. The molecule has 9 heteroatoms. The van der Waals surface area contributed by atoms with Gasteiger partial charge in [-0.1, -0.05) is 36.4 Å². The van der Waals surface area contributed by atoms with Gasteiger partial charge in [0.2, 0.25) is 11.9 Å². The van der Waals surface area contributed by atoms with Gasteiger partial charge in [0.15, 0.2) is 5.11 Å². The van der Waals surface area contributed by atoms with E-state index in [4.69, 9.17) is 21.9 Å². The maximum absolute atomic E-state index is 5.57. The van der Waals surface area contributed by atoms with Crippen LogP contribution in [0, 0.1) is 13.8 Å². The van der Waals surface area contributed by atoms with E-state index in [1.54, 1.807) is 7.11 Å². The number of hydrogen-bond acceptors (Lipinski definition) is 6. The summed E-state index contributed by atoms with van der Waals surface area (Å²) in [6.07, 6.45) is 0. The molecule has 0 unspecified atom stereocenters. The molecule has 4 rings (SSSR count). The number of ether oxygens (including phenoxy) is 1. The van der Waals surface area contributed by atoms with Crippen LogP contribution in [0.3, 0.4) is 0 Å². The monoisotopic (exact) mass is 511 g/mol. The third kappa shape index (κ3) is 7.74. The van der Waals surface area contributed by atoms with E-state index < -0.39 is 0 Å². The number of aromatic nitrogens is 2. The van der Waals surface area contributed by atoms with Crippen molar-refractivity contribution in [1.82, 2.24) is 15.3 Å². The molecule has 4 N–H and O–H groups in total. The first-order valence-corrected chi connectivity index (χ1v) is 12.1. The molecule has 0 amide bonds. The molecule has 1 aromatic heterocycles. The maximum Gasteiger partial charge on any atom is 0.229 e. The second-order valence-electron chi connectivity index (χ2n) is 8.22. The van der Waals surface area contributed by atoms with Gasteiger partial charge in [-0.2, -0.15) is 0 Å². The fourth-order valence-electron chi connectivity index (χ4n) is 3.59. The minimum Gasteiger partial charge on any atom is -0.496 e. The maximum atomic E-state index is 5.57. The number of anilines is 4. The van der Waals surface area contributed by atoms with Gasteiger partial charge in [0, 0.05) is 34.0 Å². The number of aryl methyl sites for hydroxylation is 2. The first-order chi connectivity index (χ1) is 18.0. The quantitative estimate of drug-likeness (QED) is 0.140. The molecule has 8 nitrogen and oxygen atoms in total. The summed E-state index contributed by atoms with van der Waals surface area (Å²) in [6.45, 7) is 4.20. The topological polar surface area (TPSA) is 95.5 Å². The molecule has 0 bridgehead atoms. The normalized spacial score (nSPS) is 10.9. The van der Waals surface area contributed by atoms with Gasteiger partial charge in [-0.3, -0.25) is 5.32 Å². The number of guanidine groups is 1. The Kier molecular flexibility index (Phi) is 8.62. The molecule has 0 fully saturated rings. The van der Waals surface area contributed by atoms with Crippen molar-refractivity contribution in [2.75, 3.05) is 23.1 Å². The Morgan fingerprint density at radius 2 is 1.43 bits per heavy atom. The van der Waals surface area contributed by atoms with Gasteiger partial charge >= 0.3 is 0 Å². The first kappa shape index (κ1) is 25.6. The Hall–Kier alpha value is -4.50. The van der Waals surface area contributed by atoms with Crippen molar-refractivity contribution in [1.29, 1.82) is 0 Å². The molecule has 0 radical (unpaired) electrons. The molecule has 4 aromatic rings. The van der Waals surface area contributed by atoms with Gasteiger partial charge in [-0.05, 0) is 74.6 Å². The number of nitrogens with one attached hydrogen (secondary N) is 4. The smallest absolute Gasteiger partial charge is 0.229 e. The fraction of sp³-hybridized carbons (Fsp3) is 0.143. The van der Waals surface area contributed by atoms with Gasteiger partial charge in [0.1, 0.15) is 5.75 Å². The van der Waals surface area contributed by atoms with Crippen LogP contribution in [0.2, 0.25) is 0 Å². The fourth-order valence-corrected chi connectivity index (χ4v) is 3.81. The van der Waals surface area contributed by atoms with Crippen molar-refractivity contribution in [3.05, 3.63) is 102 Å². The predicted molar refractivity (Wildman–Crippen MR) is 155 cm³/mol. The zero-order chi connectivity index (χ0) is 26.0. The van der Waals surface area contributed by atoms with Crippen LogP contribution in [0.15, 0.2) is 89.9 Å². The lowest BCUT2D eigenvalue weighted by atomic mass is 10.2. The van der Waals surface area contributed by atoms with E-state index in [1.807, 2.05) is 98.8 Å². The van der Waals surface area contributed by atoms with Crippen LogP contribution in [0.1, 0.15) is 17.0 Å². The number of methoxy groups -OCH3 is 1. The van der Waals surface area contributed by atoms with Crippen LogP contribution in [-0.2, 0) is 6.54 Å². The predicted octanol–water partition coefficient (Wildman–Crippen LogP) is 5.80. The molecule has 3 aromatic carbocycles. The van der Waals surface area contributed by atoms with E-state index in [0.29, 0.717) is 23.6 Å². The number of aliphatic imine (C=N–C) groups is 1. The molecule has 0 aliphatic rings. The molecule has 1 heterocycles. The van der Waals surface area contributed by atoms with E-state index in [9.17, 15) is 0 Å². The van der Waals surface area contributed by atoms with Gasteiger partial charge in [-0.15, -0.1) is 0 Å². The average molecular weight is 512 g/mol. The Morgan fingerprint density at radius 1 is 0.811 bits per heavy atom. The summed E-state index contributed by atoms with van der Waals surface area (Å²) in [5.41, 5.74) is 5.47. The Labute approximate surface area is 222 Å².